The van der Waals surface area contributed by atoms with Gasteiger partial charge in [-0.2, -0.15) is 0 Å². The number of benzene rings is 1. The number of nitrogens with one attached hydrogen (secondary N) is 1. The van der Waals surface area contributed by atoms with Gasteiger partial charge in [-0.05, 0) is 63.4 Å². The Kier molecular flexibility index (Phi) is 7.59. The molecule has 0 fully saturated rings. The van der Waals surface area contributed by atoms with Crippen molar-refractivity contribution in [2.75, 3.05) is 19.7 Å². The fourth-order valence-corrected chi connectivity index (χ4v) is 2.06. The van der Waals surface area contributed by atoms with Gasteiger partial charge in [-0.3, -0.25) is 0 Å². The van der Waals surface area contributed by atoms with Gasteiger partial charge in [0.2, 0.25) is 0 Å². The SMILES string of the molecule is Cc1cc(C)cc(OCC(O)CNCCCC(C)O)c1. The van der Waals surface area contributed by atoms with Gasteiger partial charge < -0.3 is 20.3 Å². The van der Waals surface area contributed by atoms with Gasteiger partial charge in [-0.1, -0.05) is 6.07 Å². The second-order valence-corrected chi connectivity index (χ2v) is 5.48. The van der Waals surface area contributed by atoms with E-state index >= 15 is 0 Å². The molecule has 0 saturated carbocycles. The van der Waals surface area contributed by atoms with Gasteiger partial charge in [0.1, 0.15) is 18.5 Å². The first-order valence-electron chi connectivity index (χ1n) is 7.25. The normalized spacial score (nSPS) is 14.1. The van der Waals surface area contributed by atoms with E-state index in [2.05, 4.69) is 11.4 Å². The molecule has 0 aliphatic carbocycles. The highest BCUT2D eigenvalue weighted by atomic mass is 16.5. The summed E-state index contributed by atoms with van der Waals surface area (Å²) >= 11 is 0. The smallest absolute Gasteiger partial charge is 0.119 e. The van der Waals surface area contributed by atoms with Crippen LogP contribution in [0.2, 0.25) is 0 Å². The van der Waals surface area contributed by atoms with Crippen LogP contribution in [0.4, 0.5) is 0 Å². The molecule has 0 amide bonds. The third-order valence-electron chi connectivity index (χ3n) is 2.99. The monoisotopic (exact) mass is 281 g/mol. The van der Waals surface area contributed by atoms with Crippen LogP contribution in [0.5, 0.6) is 5.75 Å². The summed E-state index contributed by atoms with van der Waals surface area (Å²) in [5.41, 5.74) is 2.32. The van der Waals surface area contributed by atoms with Crippen molar-refractivity contribution in [2.45, 2.75) is 45.8 Å². The molecule has 0 saturated heterocycles. The molecule has 0 aliphatic heterocycles. The number of rotatable bonds is 9. The summed E-state index contributed by atoms with van der Waals surface area (Å²) in [7, 11) is 0. The Hall–Kier alpha value is -1.10. The molecule has 1 rings (SSSR count). The molecule has 4 nitrogen and oxygen atoms in total. The number of hydrogen-bond acceptors (Lipinski definition) is 4. The summed E-state index contributed by atoms with van der Waals surface area (Å²) in [5.74, 6) is 0.802. The predicted molar refractivity (Wildman–Crippen MR) is 81.2 cm³/mol. The van der Waals surface area contributed by atoms with Crippen LogP contribution >= 0.6 is 0 Å². The standard InChI is InChI=1S/C16H27NO3/c1-12-7-13(2)9-16(8-12)20-11-15(19)10-17-6-4-5-14(3)18/h7-9,14-15,17-19H,4-6,10-11H2,1-3H3. The summed E-state index contributed by atoms with van der Waals surface area (Å²) in [5, 5.41) is 22.1. The van der Waals surface area contributed by atoms with Crippen molar-refractivity contribution in [3.63, 3.8) is 0 Å². The van der Waals surface area contributed by atoms with E-state index in [1.807, 2.05) is 26.0 Å². The molecule has 1 aromatic carbocycles. The van der Waals surface area contributed by atoms with Crippen molar-refractivity contribution >= 4 is 0 Å². The van der Waals surface area contributed by atoms with E-state index in [1.165, 1.54) is 0 Å². The Bertz CT molecular complexity index is 373. The molecule has 0 radical (unpaired) electrons. The molecular weight excluding hydrogens is 254 g/mol. The fraction of sp³-hybridized carbons (Fsp3) is 0.625. The number of ether oxygens (including phenoxy) is 1. The van der Waals surface area contributed by atoms with Gasteiger partial charge in [0.25, 0.3) is 0 Å². The van der Waals surface area contributed by atoms with Crippen LogP contribution in [0.3, 0.4) is 0 Å². The first kappa shape index (κ1) is 17.0. The maximum Gasteiger partial charge on any atom is 0.119 e. The molecular formula is C16H27NO3. The van der Waals surface area contributed by atoms with Gasteiger partial charge in [0, 0.05) is 6.54 Å². The maximum absolute atomic E-state index is 9.82. The minimum Gasteiger partial charge on any atom is -0.491 e. The zero-order chi connectivity index (χ0) is 15.0. The third-order valence-corrected chi connectivity index (χ3v) is 2.99. The number of aryl methyl sites for hydroxylation is 2. The molecule has 2 unspecified atom stereocenters. The molecule has 2 atom stereocenters. The zero-order valence-corrected chi connectivity index (χ0v) is 12.7. The van der Waals surface area contributed by atoms with E-state index in [-0.39, 0.29) is 12.7 Å². The Balaban J connectivity index is 2.17. The second-order valence-electron chi connectivity index (χ2n) is 5.48. The highest BCUT2D eigenvalue weighted by molar-refractivity contribution is 5.32. The average molecular weight is 281 g/mol. The van der Waals surface area contributed by atoms with E-state index in [1.54, 1.807) is 6.92 Å². The number of hydrogen-bond donors (Lipinski definition) is 3. The van der Waals surface area contributed by atoms with Crippen LogP contribution in [-0.2, 0) is 0 Å². The minimum atomic E-state index is -0.526. The van der Waals surface area contributed by atoms with E-state index < -0.39 is 6.10 Å². The summed E-state index contributed by atoms with van der Waals surface area (Å²) < 4.78 is 5.59. The lowest BCUT2D eigenvalue weighted by molar-refractivity contribution is 0.106. The third kappa shape index (κ3) is 7.48. The van der Waals surface area contributed by atoms with Crippen LogP contribution < -0.4 is 10.1 Å². The summed E-state index contributed by atoms with van der Waals surface area (Å²) in [4.78, 5) is 0. The molecule has 0 spiro atoms. The topological polar surface area (TPSA) is 61.7 Å². The Morgan fingerprint density at radius 1 is 1.15 bits per heavy atom. The maximum atomic E-state index is 9.82. The summed E-state index contributed by atoms with van der Waals surface area (Å²) in [6.45, 7) is 7.43. The Morgan fingerprint density at radius 2 is 1.80 bits per heavy atom. The van der Waals surface area contributed by atoms with E-state index in [4.69, 9.17) is 9.84 Å². The van der Waals surface area contributed by atoms with Crippen LogP contribution in [-0.4, -0.2) is 42.1 Å². The average Bonchev–Trinajstić information content (AvgIpc) is 2.34. The van der Waals surface area contributed by atoms with Crippen LogP contribution in [0.15, 0.2) is 18.2 Å². The van der Waals surface area contributed by atoms with Gasteiger partial charge in [0.05, 0.1) is 6.10 Å². The van der Waals surface area contributed by atoms with Crippen molar-refractivity contribution in [2.24, 2.45) is 0 Å². The van der Waals surface area contributed by atoms with Crippen molar-refractivity contribution < 1.29 is 14.9 Å². The van der Waals surface area contributed by atoms with Crippen molar-refractivity contribution in [3.8, 4) is 5.75 Å². The lowest BCUT2D eigenvalue weighted by Crippen LogP contribution is -2.32. The number of aliphatic hydroxyl groups excluding tert-OH is 2. The first-order valence-corrected chi connectivity index (χ1v) is 7.25. The van der Waals surface area contributed by atoms with Crippen LogP contribution in [0, 0.1) is 13.8 Å². The molecule has 3 N–H and O–H groups in total. The van der Waals surface area contributed by atoms with Gasteiger partial charge in [-0.25, -0.2) is 0 Å². The number of aliphatic hydroxyl groups is 2. The summed E-state index contributed by atoms with van der Waals surface area (Å²) in [6.07, 6.45) is 0.904. The van der Waals surface area contributed by atoms with Crippen molar-refractivity contribution in [3.05, 3.63) is 29.3 Å². The molecule has 0 aliphatic rings. The van der Waals surface area contributed by atoms with Gasteiger partial charge >= 0.3 is 0 Å². The fourth-order valence-electron chi connectivity index (χ4n) is 2.06. The van der Waals surface area contributed by atoms with Crippen molar-refractivity contribution in [1.82, 2.24) is 5.32 Å². The van der Waals surface area contributed by atoms with E-state index in [9.17, 15) is 5.11 Å². The molecule has 0 heterocycles. The molecule has 1 aromatic rings. The Labute approximate surface area is 121 Å². The molecule has 0 aromatic heterocycles. The predicted octanol–water partition coefficient (Wildman–Crippen LogP) is 1.79. The van der Waals surface area contributed by atoms with Crippen molar-refractivity contribution in [1.29, 1.82) is 0 Å². The minimum absolute atomic E-state index is 0.255. The van der Waals surface area contributed by atoms with Gasteiger partial charge in [-0.15, -0.1) is 0 Å². The van der Waals surface area contributed by atoms with Crippen LogP contribution in [0.25, 0.3) is 0 Å². The highest BCUT2D eigenvalue weighted by Crippen LogP contribution is 2.16. The van der Waals surface area contributed by atoms with E-state index in [0.29, 0.717) is 6.54 Å². The lowest BCUT2D eigenvalue weighted by Gasteiger charge is -2.14. The molecule has 114 valence electrons. The van der Waals surface area contributed by atoms with Gasteiger partial charge in [0.15, 0.2) is 0 Å². The lowest BCUT2D eigenvalue weighted by atomic mass is 10.1. The molecule has 0 bridgehead atoms. The van der Waals surface area contributed by atoms with E-state index in [0.717, 1.165) is 36.3 Å². The molecule has 20 heavy (non-hydrogen) atoms. The quantitative estimate of drug-likeness (QED) is 0.604. The zero-order valence-electron chi connectivity index (χ0n) is 12.7. The Morgan fingerprint density at radius 3 is 2.40 bits per heavy atom. The highest BCUT2D eigenvalue weighted by Gasteiger charge is 2.05. The van der Waals surface area contributed by atoms with Crippen LogP contribution in [0.1, 0.15) is 30.9 Å². The second kappa shape index (κ2) is 8.95. The largest absolute Gasteiger partial charge is 0.491 e. The molecule has 4 heteroatoms. The first-order chi connectivity index (χ1) is 9.47. The summed E-state index contributed by atoms with van der Waals surface area (Å²) in [6, 6.07) is 6.03.